The van der Waals surface area contributed by atoms with Gasteiger partial charge < -0.3 is 5.73 Å². The molecule has 14 heavy (non-hydrogen) atoms. The SMILES string of the molecule is Cc1cccc(Cl)c1[C@H]1C[C@@H]1CN.Cl. The lowest BCUT2D eigenvalue weighted by atomic mass is 10.0. The molecular formula is C11H15Cl2N. The normalized spacial score (nSPS) is 24.2. The summed E-state index contributed by atoms with van der Waals surface area (Å²) >= 11 is 6.15. The van der Waals surface area contributed by atoms with Crippen LogP contribution in [0.4, 0.5) is 0 Å². The Morgan fingerprint density at radius 3 is 2.71 bits per heavy atom. The van der Waals surface area contributed by atoms with Gasteiger partial charge in [-0.2, -0.15) is 0 Å². The molecule has 78 valence electrons. The van der Waals surface area contributed by atoms with Crippen molar-refractivity contribution in [3.8, 4) is 0 Å². The van der Waals surface area contributed by atoms with Crippen molar-refractivity contribution in [1.29, 1.82) is 0 Å². The highest BCUT2D eigenvalue weighted by atomic mass is 35.5. The molecule has 0 unspecified atom stereocenters. The number of hydrogen-bond donors (Lipinski definition) is 1. The van der Waals surface area contributed by atoms with E-state index in [1.807, 2.05) is 12.1 Å². The molecule has 1 aliphatic rings. The van der Waals surface area contributed by atoms with Gasteiger partial charge in [0, 0.05) is 5.02 Å². The molecule has 2 atom stereocenters. The molecule has 0 amide bonds. The van der Waals surface area contributed by atoms with Crippen LogP contribution in [0.25, 0.3) is 0 Å². The molecule has 2 rings (SSSR count). The maximum Gasteiger partial charge on any atom is 0.0443 e. The van der Waals surface area contributed by atoms with E-state index in [2.05, 4.69) is 13.0 Å². The molecule has 1 nitrogen and oxygen atoms in total. The topological polar surface area (TPSA) is 26.0 Å². The Kier molecular flexibility index (Phi) is 3.82. The Labute approximate surface area is 96.0 Å². The zero-order valence-electron chi connectivity index (χ0n) is 8.16. The van der Waals surface area contributed by atoms with Crippen LogP contribution in [0.3, 0.4) is 0 Å². The van der Waals surface area contributed by atoms with E-state index in [0.717, 1.165) is 11.6 Å². The molecule has 1 aromatic carbocycles. The molecule has 1 aliphatic carbocycles. The number of aryl methyl sites for hydroxylation is 1. The third-order valence-electron chi connectivity index (χ3n) is 2.87. The molecule has 0 aromatic heterocycles. The Hall–Kier alpha value is -0.240. The molecular weight excluding hydrogens is 217 g/mol. The fourth-order valence-corrected chi connectivity index (χ4v) is 2.34. The molecule has 0 saturated heterocycles. The van der Waals surface area contributed by atoms with Gasteiger partial charge in [-0.25, -0.2) is 0 Å². The summed E-state index contributed by atoms with van der Waals surface area (Å²) in [5.41, 5.74) is 8.24. The van der Waals surface area contributed by atoms with Crippen molar-refractivity contribution in [3.63, 3.8) is 0 Å². The highest BCUT2D eigenvalue weighted by Crippen LogP contribution is 2.49. The van der Waals surface area contributed by atoms with Crippen LogP contribution in [-0.2, 0) is 0 Å². The molecule has 3 heteroatoms. The summed E-state index contributed by atoms with van der Waals surface area (Å²) in [4.78, 5) is 0. The van der Waals surface area contributed by atoms with Crippen molar-refractivity contribution in [2.45, 2.75) is 19.3 Å². The lowest BCUT2D eigenvalue weighted by Gasteiger charge is -2.06. The quantitative estimate of drug-likeness (QED) is 0.832. The van der Waals surface area contributed by atoms with Crippen LogP contribution in [0.5, 0.6) is 0 Å². The molecule has 2 N–H and O–H groups in total. The second-order valence-electron chi connectivity index (χ2n) is 3.81. The van der Waals surface area contributed by atoms with Crippen molar-refractivity contribution >= 4 is 24.0 Å². The van der Waals surface area contributed by atoms with Gasteiger partial charge in [0.25, 0.3) is 0 Å². The van der Waals surface area contributed by atoms with Crippen LogP contribution in [0.15, 0.2) is 18.2 Å². The first-order valence-corrected chi connectivity index (χ1v) is 5.07. The Bertz CT molecular complexity index is 305. The van der Waals surface area contributed by atoms with Crippen LogP contribution in [0, 0.1) is 12.8 Å². The Morgan fingerprint density at radius 1 is 1.50 bits per heavy atom. The fourth-order valence-electron chi connectivity index (χ4n) is 1.98. The van der Waals surface area contributed by atoms with Gasteiger partial charge in [-0.05, 0) is 48.9 Å². The molecule has 0 bridgehead atoms. The monoisotopic (exact) mass is 231 g/mol. The minimum atomic E-state index is 0. The second kappa shape index (κ2) is 4.52. The highest BCUT2D eigenvalue weighted by Gasteiger charge is 2.38. The molecule has 0 heterocycles. The zero-order chi connectivity index (χ0) is 9.42. The van der Waals surface area contributed by atoms with E-state index in [0.29, 0.717) is 11.8 Å². The predicted octanol–water partition coefficient (Wildman–Crippen LogP) is 3.13. The van der Waals surface area contributed by atoms with E-state index in [1.165, 1.54) is 17.5 Å². The van der Waals surface area contributed by atoms with Crippen LogP contribution < -0.4 is 5.73 Å². The first-order valence-electron chi connectivity index (χ1n) is 4.69. The molecule has 1 saturated carbocycles. The molecule has 0 spiro atoms. The van der Waals surface area contributed by atoms with Crippen LogP contribution in [-0.4, -0.2) is 6.54 Å². The largest absolute Gasteiger partial charge is 0.330 e. The average Bonchev–Trinajstić information content (AvgIpc) is 2.83. The van der Waals surface area contributed by atoms with Gasteiger partial charge in [0.05, 0.1) is 0 Å². The van der Waals surface area contributed by atoms with Gasteiger partial charge in [-0.1, -0.05) is 23.7 Å². The van der Waals surface area contributed by atoms with Crippen LogP contribution in [0.1, 0.15) is 23.5 Å². The molecule has 0 aliphatic heterocycles. The standard InChI is InChI=1S/C11H14ClN.ClH/c1-7-3-2-4-10(12)11(7)9-5-8(9)6-13;/h2-4,8-9H,5-6,13H2,1H3;1H/t8-,9+;/m1./s1. The summed E-state index contributed by atoms with van der Waals surface area (Å²) in [6, 6.07) is 6.09. The first kappa shape index (κ1) is 11.8. The van der Waals surface area contributed by atoms with E-state index >= 15 is 0 Å². The van der Waals surface area contributed by atoms with Gasteiger partial charge >= 0.3 is 0 Å². The Balaban J connectivity index is 0.000000980. The van der Waals surface area contributed by atoms with E-state index in [4.69, 9.17) is 17.3 Å². The molecule has 0 radical (unpaired) electrons. The lowest BCUT2D eigenvalue weighted by molar-refractivity contribution is 0.807. The number of benzene rings is 1. The summed E-state index contributed by atoms with van der Waals surface area (Å²) in [6.45, 7) is 2.91. The number of rotatable bonds is 2. The zero-order valence-corrected chi connectivity index (χ0v) is 9.74. The summed E-state index contributed by atoms with van der Waals surface area (Å²) in [5.74, 6) is 1.29. The minimum Gasteiger partial charge on any atom is -0.330 e. The van der Waals surface area contributed by atoms with Crippen molar-refractivity contribution in [2.75, 3.05) is 6.54 Å². The van der Waals surface area contributed by atoms with Crippen molar-refractivity contribution in [2.24, 2.45) is 11.7 Å². The number of hydrogen-bond acceptors (Lipinski definition) is 1. The summed E-state index contributed by atoms with van der Waals surface area (Å²) in [5, 5.41) is 0.904. The third-order valence-corrected chi connectivity index (χ3v) is 3.20. The fraction of sp³-hybridized carbons (Fsp3) is 0.455. The van der Waals surface area contributed by atoms with Crippen molar-refractivity contribution in [3.05, 3.63) is 34.3 Å². The van der Waals surface area contributed by atoms with E-state index in [-0.39, 0.29) is 12.4 Å². The predicted molar refractivity (Wildman–Crippen MR) is 63.3 cm³/mol. The number of nitrogens with two attached hydrogens (primary N) is 1. The maximum absolute atomic E-state index is 6.15. The average molecular weight is 232 g/mol. The van der Waals surface area contributed by atoms with Crippen LogP contribution in [0.2, 0.25) is 5.02 Å². The highest BCUT2D eigenvalue weighted by molar-refractivity contribution is 6.31. The second-order valence-corrected chi connectivity index (χ2v) is 4.22. The summed E-state index contributed by atoms with van der Waals surface area (Å²) in [6.07, 6.45) is 1.21. The van der Waals surface area contributed by atoms with Gasteiger partial charge in [0.15, 0.2) is 0 Å². The first-order chi connectivity index (χ1) is 6.24. The maximum atomic E-state index is 6.15. The van der Waals surface area contributed by atoms with E-state index < -0.39 is 0 Å². The van der Waals surface area contributed by atoms with Crippen molar-refractivity contribution in [1.82, 2.24) is 0 Å². The smallest absolute Gasteiger partial charge is 0.0443 e. The molecule has 1 aromatic rings. The van der Waals surface area contributed by atoms with Gasteiger partial charge in [0.1, 0.15) is 0 Å². The number of halogens is 2. The van der Waals surface area contributed by atoms with Gasteiger partial charge in [-0.3, -0.25) is 0 Å². The van der Waals surface area contributed by atoms with E-state index in [9.17, 15) is 0 Å². The van der Waals surface area contributed by atoms with Crippen LogP contribution >= 0.6 is 24.0 Å². The summed E-state index contributed by atoms with van der Waals surface area (Å²) < 4.78 is 0. The Morgan fingerprint density at radius 2 is 2.21 bits per heavy atom. The summed E-state index contributed by atoms with van der Waals surface area (Å²) in [7, 11) is 0. The van der Waals surface area contributed by atoms with Gasteiger partial charge in [0.2, 0.25) is 0 Å². The third kappa shape index (κ3) is 2.05. The molecule has 1 fully saturated rings. The van der Waals surface area contributed by atoms with Gasteiger partial charge in [-0.15, -0.1) is 12.4 Å². The van der Waals surface area contributed by atoms with E-state index in [1.54, 1.807) is 0 Å². The van der Waals surface area contributed by atoms with Crippen molar-refractivity contribution < 1.29 is 0 Å². The minimum absolute atomic E-state index is 0. The lowest BCUT2D eigenvalue weighted by Crippen LogP contribution is -2.02.